The largest absolute Gasteiger partial charge is 0.349 e. The van der Waals surface area contributed by atoms with E-state index in [9.17, 15) is 9.59 Å². The van der Waals surface area contributed by atoms with Crippen LogP contribution in [0.4, 0.5) is 0 Å². The lowest BCUT2D eigenvalue weighted by atomic mass is 10.1. The van der Waals surface area contributed by atoms with Gasteiger partial charge in [0.05, 0.1) is 6.54 Å². The molecule has 0 bridgehead atoms. The van der Waals surface area contributed by atoms with Crippen LogP contribution in [0.15, 0.2) is 47.4 Å². The third kappa shape index (κ3) is 3.11. The van der Waals surface area contributed by atoms with Crippen LogP contribution in [0.2, 0.25) is 0 Å². The van der Waals surface area contributed by atoms with Gasteiger partial charge < -0.3 is 9.88 Å². The average Bonchev–Trinajstić information content (AvgIpc) is 3.16. The van der Waals surface area contributed by atoms with Crippen molar-refractivity contribution in [1.29, 1.82) is 0 Å². The minimum Gasteiger partial charge on any atom is -0.349 e. The normalized spacial score (nSPS) is 19.7. The number of rotatable bonds is 4. The van der Waals surface area contributed by atoms with E-state index >= 15 is 0 Å². The maximum Gasteiger partial charge on any atom is 0.263 e. The van der Waals surface area contributed by atoms with Gasteiger partial charge in [0.1, 0.15) is 5.56 Å². The van der Waals surface area contributed by atoms with Crippen molar-refractivity contribution in [2.45, 2.75) is 32.9 Å². The zero-order chi connectivity index (χ0) is 15.7. The fourth-order valence-electron chi connectivity index (χ4n) is 2.61. The summed E-state index contributed by atoms with van der Waals surface area (Å²) in [4.78, 5) is 24.7. The molecule has 2 atom stereocenters. The second-order valence-corrected chi connectivity index (χ2v) is 6.14. The minimum atomic E-state index is -0.266. The topological polar surface area (TPSA) is 51.1 Å². The number of aryl methyl sites for hydroxylation is 1. The Kier molecular flexibility index (Phi) is 3.84. The van der Waals surface area contributed by atoms with E-state index < -0.39 is 0 Å². The third-order valence-electron chi connectivity index (χ3n) is 4.13. The number of hydrogen-bond acceptors (Lipinski definition) is 2. The zero-order valence-corrected chi connectivity index (χ0v) is 12.9. The second-order valence-electron chi connectivity index (χ2n) is 6.14. The lowest BCUT2D eigenvalue weighted by Crippen LogP contribution is -2.34. The molecule has 1 aliphatic carbocycles. The number of hydrogen-bond donors (Lipinski definition) is 1. The number of benzene rings is 1. The Balaban J connectivity index is 1.82. The average molecular weight is 296 g/mol. The molecule has 2 unspecified atom stereocenters. The van der Waals surface area contributed by atoms with Gasteiger partial charge >= 0.3 is 0 Å². The predicted octanol–water partition coefficient (Wildman–Crippen LogP) is 2.34. The number of carbonyl (C=O) groups is 1. The highest BCUT2D eigenvalue weighted by molar-refractivity contribution is 5.94. The molecule has 3 rings (SSSR count). The van der Waals surface area contributed by atoms with Crippen LogP contribution in [0.25, 0.3) is 0 Å². The van der Waals surface area contributed by atoms with Gasteiger partial charge in [-0.3, -0.25) is 9.59 Å². The number of carbonyl (C=O) groups excluding carboxylic acids is 1. The predicted molar refractivity (Wildman–Crippen MR) is 86.0 cm³/mol. The molecule has 4 nitrogen and oxygen atoms in total. The van der Waals surface area contributed by atoms with Crippen molar-refractivity contribution >= 4 is 5.91 Å². The quantitative estimate of drug-likeness (QED) is 0.941. The van der Waals surface area contributed by atoms with Crippen LogP contribution in [0.5, 0.6) is 0 Å². The van der Waals surface area contributed by atoms with Gasteiger partial charge in [0.15, 0.2) is 0 Å². The van der Waals surface area contributed by atoms with Crippen molar-refractivity contribution in [3.8, 4) is 0 Å². The van der Waals surface area contributed by atoms with Gasteiger partial charge in [-0.15, -0.1) is 0 Å². The summed E-state index contributed by atoms with van der Waals surface area (Å²) in [6, 6.07) is 11.6. The van der Waals surface area contributed by atoms with Gasteiger partial charge in [-0.05, 0) is 37.0 Å². The highest BCUT2D eigenvalue weighted by atomic mass is 16.2. The van der Waals surface area contributed by atoms with Crippen LogP contribution < -0.4 is 10.9 Å². The van der Waals surface area contributed by atoms with E-state index in [0.717, 1.165) is 17.5 Å². The van der Waals surface area contributed by atoms with E-state index in [-0.39, 0.29) is 23.1 Å². The molecule has 1 heterocycles. The maximum atomic E-state index is 12.5. The van der Waals surface area contributed by atoms with Gasteiger partial charge in [-0.25, -0.2) is 0 Å². The molecule has 0 saturated heterocycles. The van der Waals surface area contributed by atoms with Gasteiger partial charge in [-0.2, -0.15) is 0 Å². The summed E-state index contributed by atoms with van der Waals surface area (Å²) in [6.07, 6.45) is 2.72. The molecule has 1 aromatic heterocycles. The molecule has 1 fully saturated rings. The number of amides is 1. The Morgan fingerprint density at radius 3 is 2.77 bits per heavy atom. The summed E-state index contributed by atoms with van der Waals surface area (Å²) in [5.41, 5.74) is 2.18. The molecular formula is C18H20N2O2. The molecule has 2 aromatic rings. The molecule has 1 saturated carbocycles. The number of nitrogens with one attached hydrogen (secondary N) is 1. The Labute approximate surface area is 129 Å². The molecule has 1 aromatic carbocycles. The van der Waals surface area contributed by atoms with E-state index in [1.54, 1.807) is 22.9 Å². The van der Waals surface area contributed by atoms with Crippen LogP contribution >= 0.6 is 0 Å². The molecule has 0 aliphatic heterocycles. The van der Waals surface area contributed by atoms with Gasteiger partial charge in [0, 0.05) is 12.2 Å². The summed E-state index contributed by atoms with van der Waals surface area (Å²) in [6.45, 7) is 4.58. The Morgan fingerprint density at radius 2 is 2.09 bits per heavy atom. The van der Waals surface area contributed by atoms with Crippen molar-refractivity contribution in [1.82, 2.24) is 9.88 Å². The minimum absolute atomic E-state index is 0.217. The van der Waals surface area contributed by atoms with Crippen LogP contribution in [0.3, 0.4) is 0 Å². The summed E-state index contributed by atoms with van der Waals surface area (Å²) in [5, 5.41) is 2.91. The molecule has 0 spiro atoms. The van der Waals surface area contributed by atoms with Crippen LogP contribution in [-0.4, -0.2) is 16.5 Å². The second kappa shape index (κ2) is 5.79. The van der Waals surface area contributed by atoms with Crippen molar-refractivity contribution in [3.63, 3.8) is 0 Å². The summed E-state index contributed by atoms with van der Waals surface area (Å²) in [5.74, 6) is 0.250. The Morgan fingerprint density at radius 1 is 1.32 bits per heavy atom. The summed E-state index contributed by atoms with van der Waals surface area (Å²) >= 11 is 0. The lowest BCUT2D eigenvalue weighted by Gasteiger charge is -2.09. The first-order chi connectivity index (χ1) is 10.5. The van der Waals surface area contributed by atoms with E-state index in [4.69, 9.17) is 0 Å². The van der Waals surface area contributed by atoms with E-state index in [0.29, 0.717) is 12.5 Å². The highest BCUT2D eigenvalue weighted by Gasteiger charge is 2.34. The molecular weight excluding hydrogens is 276 g/mol. The molecule has 1 N–H and O–H groups in total. The summed E-state index contributed by atoms with van der Waals surface area (Å²) in [7, 11) is 0. The fraction of sp³-hybridized carbons (Fsp3) is 0.333. The van der Waals surface area contributed by atoms with Crippen molar-refractivity contribution in [2.75, 3.05) is 0 Å². The maximum absolute atomic E-state index is 12.5. The highest BCUT2D eigenvalue weighted by Crippen LogP contribution is 2.29. The standard InChI is InChI=1S/C18H20N2O2/c1-12-5-3-6-14(9-12)11-20-8-4-7-15(18(20)22)17(21)19-16-10-13(16)2/h3-9,13,16H,10-11H2,1-2H3,(H,19,21). The first-order valence-electron chi connectivity index (χ1n) is 7.60. The molecule has 1 aliphatic rings. The zero-order valence-electron chi connectivity index (χ0n) is 12.9. The van der Waals surface area contributed by atoms with Gasteiger partial charge in [0.2, 0.25) is 0 Å². The number of nitrogens with zero attached hydrogens (tertiary/aromatic N) is 1. The molecule has 4 heteroatoms. The first-order valence-corrected chi connectivity index (χ1v) is 7.60. The molecule has 22 heavy (non-hydrogen) atoms. The van der Waals surface area contributed by atoms with Crippen LogP contribution in [0.1, 0.15) is 34.8 Å². The lowest BCUT2D eigenvalue weighted by molar-refractivity contribution is 0.0947. The number of aromatic nitrogens is 1. The fourth-order valence-corrected chi connectivity index (χ4v) is 2.61. The molecule has 0 radical (unpaired) electrons. The SMILES string of the molecule is Cc1cccc(Cn2cccc(C(=O)NC3CC3C)c2=O)c1. The summed E-state index contributed by atoms with van der Waals surface area (Å²) < 4.78 is 1.58. The smallest absolute Gasteiger partial charge is 0.263 e. The van der Waals surface area contributed by atoms with E-state index in [1.165, 1.54) is 0 Å². The van der Waals surface area contributed by atoms with Crippen LogP contribution in [0, 0.1) is 12.8 Å². The van der Waals surface area contributed by atoms with E-state index in [1.807, 2.05) is 31.2 Å². The third-order valence-corrected chi connectivity index (χ3v) is 4.13. The molecule has 1 amide bonds. The van der Waals surface area contributed by atoms with Gasteiger partial charge in [-0.1, -0.05) is 36.8 Å². The van der Waals surface area contributed by atoms with Crippen molar-refractivity contribution in [2.24, 2.45) is 5.92 Å². The van der Waals surface area contributed by atoms with Crippen molar-refractivity contribution < 1.29 is 4.79 Å². The van der Waals surface area contributed by atoms with E-state index in [2.05, 4.69) is 12.2 Å². The first kappa shape index (κ1) is 14.6. The molecule has 114 valence electrons. The Bertz CT molecular complexity index is 764. The van der Waals surface area contributed by atoms with Crippen molar-refractivity contribution in [3.05, 3.63) is 69.6 Å². The Hall–Kier alpha value is -2.36. The van der Waals surface area contributed by atoms with Crippen LogP contribution in [-0.2, 0) is 6.54 Å². The monoisotopic (exact) mass is 296 g/mol. The van der Waals surface area contributed by atoms with Gasteiger partial charge in [0.25, 0.3) is 11.5 Å². The number of pyridine rings is 1.